The number of allylic oxidation sites excluding steroid dienone is 1. The van der Waals surface area contributed by atoms with Gasteiger partial charge in [-0.25, -0.2) is 4.39 Å². The molecule has 0 radical (unpaired) electrons. The van der Waals surface area contributed by atoms with Gasteiger partial charge >= 0.3 is 0 Å². The maximum atomic E-state index is 12.8. The van der Waals surface area contributed by atoms with Gasteiger partial charge in [0.2, 0.25) is 0 Å². The number of phenolic OH excluding ortho intramolecular Hbond substituents is 1. The first-order valence-electron chi connectivity index (χ1n) is 3.95. The van der Waals surface area contributed by atoms with E-state index in [0.717, 1.165) is 12.0 Å². The van der Waals surface area contributed by atoms with Crippen LogP contribution in [0.2, 0.25) is 0 Å². The van der Waals surface area contributed by atoms with Gasteiger partial charge in [-0.05, 0) is 24.1 Å². The number of hydrogen-bond acceptors (Lipinski definition) is 1. The van der Waals surface area contributed by atoms with Gasteiger partial charge in [0.25, 0.3) is 0 Å². The molecule has 1 aromatic rings. The molecule has 0 aliphatic rings. The van der Waals surface area contributed by atoms with Gasteiger partial charge in [-0.3, -0.25) is 0 Å². The highest BCUT2D eigenvalue weighted by molar-refractivity contribution is 6.17. The second-order valence-electron chi connectivity index (χ2n) is 2.59. The second-order valence-corrected chi connectivity index (χ2v) is 2.97. The van der Waals surface area contributed by atoms with Gasteiger partial charge in [-0.1, -0.05) is 18.2 Å². The fraction of sp³-hybridized carbons (Fsp3) is 0.200. The molecule has 0 aliphatic carbocycles. The van der Waals surface area contributed by atoms with Crippen LogP contribution in [0.4, 0.5) is 4.39 Å². The summed E-state index contributed by atoms with van der Waals surface area (Å²) in [4.78, 5) is 0. The van der Waals surface area contributed by atoms with Gasteiger partial charge in [-0.15, -0.1) is 11.6 Å². The molecule has 0 unspecified atom stereocenters. The molecule has 0 aromatic heterocycles. The summed E-state index contributed by atoms with van der Waals surface area (Å²) in [5.74, 6) is -0.376. The molecule has 1 rings (SSSR count). The summed E-state index contributed by atoms with van der Waals surface area (Å²) in [6, 6.07) is 4.25. The monoisotopic (exact) mass is 200 g/mol. The van der Waals surface area contributed by atoms with Crippen molar-refractivity contribution < 1.29 is 9.50 Å². The van der Waals surface area contributed by atoms with Crippen LogP contribution in [0.15, 0.2) is 24.3 Å². The average molecular weight is 201 g/mol. The van der Waals surface area contributed by atoms with Crippen molar-refractivity contribution >= 4 is 17.7 Å². The van der Waals surface area contributed by atoms with E-state index >= 15 is 0 Å². The first-order valence-corrected chi connectivity index (χ1v) is 4.48. The highest BCUT2D eigenvalue weighted by Gasteiger charge is 1.98. The number of hydrogen-bond donors (Lipinski definition) is 1. The molecule has 1 aromatic carbocycles. The number of benzene rings is 1. The standard InChI is InChI=1S/C10H10ClFO/c11-6-2-1-3-8-4-5-10(13)9(12)7-8/h1,3-5,7,13H,2,6H2. The smallest absolute Gasteiger partial charge is 0.165 e. The highest BCUT2D eigenvalue weighted by atomic mass is 35.5. The molecule has 0 heterocycles. The molecule has 70 valence electrons. The minimum Gasteiger partial charge on any atom is -0.505 e. The van der Waals surface area contributed by atoms with E-state index in [1.165, 1.54) is 12.1 Å². The Morgan fingerprint density at radius 3 is 2.85 bits per heavy atom. The lowest BCUT2D eigenvalue weighted by atomic mass is 10.2. The van der Waals surface area contributed by atoms with Crippen LogP contribution in [0.3, 0.4) is 0 Å². The van der Waals surface area contributed by atoms with Crippen LogP contribution in [0.25, 0.3) is 6.08 Å². The Morgan fingerprint density at radius 1 is 1.46 bits per heavy atom. The van der Waals surface area contributed by atoms with Crippen molar-refractivity contribution in [1.29, 1.82) is 0 Å². The van der Waals surface area contributed by atoms with Crippen LogP contribution in [-0.4, -0.2) is 11.0 Å². The minimum absolute atomic E-state index is 0.325. The Labute approximate surface area is 81.5 Å². The zero-order chi connectivity index (χ0) is 9.68. The van der Waals surface area contributed by atoms with Crippen LogP contribution in [0, 0.1) is 5.82 Å². The van der Waals surface area contributed by atoms with E-state index in [1.54, 1.807) is 12.1 Å². The van der Waals surface area contributed by atoms with Crippen molar-refractivity contribution in [3.63, 3.8) is 0 Å². The lowest BCUT2D eigenvalue weighted by Gasteiger charge is -1.96. The third-order valence-electron chi connectivity index (χ3n) is 1.56. The van der Waals surface area contributed by atoms with E-state index in [0.29, 0.717) is 5.88 Å². The molecular formula is C10H10ClFO. The predicted molar refractivity (Wildman–Crippen MR) is 52.4 cm³/mol. The van der Waals surface area contributed by atoms with Crippen molar-refractivity contribution in [2.45, 2.75) is 6.42 Å². The number of alkyl halides is 1. The van der Waals surface area contributed by atoms with Gasteiger partial charge in [0.15, 0.2) is 11.6 Å². The Kier molecular flexibility index (Phi) is 3.77. The zero-order valence-corrected chi connectivity index (χ0v) is 7.76. The fourth-order valence-electron chi connectivity index (χ4n) is 0.909. The predicted octanol–water partition coefficient (Wildman–Crippen LogP) is 3.17. The molecule has 1 nitrogen and oxygen atoms in total. The third-order valence-corrected chi connectivity index (χ3v) is 1.78. The number of aromatic hydroxyl groups is 1. The van der Waals surface area contributed by atoms with Crippen LogP contribution in [0.5, 0.6) is 5.75 Å². The van der Waals surface area contributed by atoms with Crippen LogP contribution in [0.1, 0.15) is 12.0 Å². The van der Waals surface area contributed by atoms with E-state index in [1.807, 2.05) is 6.08 Å². The van der Waals surface area contributed by atoms with E-state index < -0.39 is 5.82 Å². The first-order chi connectivity index (χ1) is 6.24. The summed E-state index contributed by atoms with van der Waals surface area (Å²) in [7, 11) is 0. The molecule has 3 heteroatoms. The molecule has 1 N–H and O–H groups in total. The minimum atomic E-state index is -0.604. The summed E-state index contributed by atoms with van der Waals surface area (Å²) in [6.45, 7) is 0. The topological polar surface area (TPSA) is 20.2 Å². The largest absolute Gasteiger partial charge is 0.505 e. The van der Waals surface area contributed by atoms with Gasteiger partial charge in [0.05, 0.1) is 0 Å². The lowest BCUT2D eigenvalue weighted by Crippen LogP contribution is -1.78. The van der Waals surface area contributed by atoms with Crippen LogP contribution >= 0.6 is 11.6 Å². The Bertz CT molecular complexity index is 310. The Morgan fingerprint density at radius 2 is 2.23 bits per heavy atom. The van der Waals surface area contributed by atoms with Crippen molar-refractivity contribution in [3.8, 4) is 5.75 Å². The molecule has 0 fully saturated rings. The van der Waals surface area contributed by atoms with Crippen molar-refractivity contribution in [2.24, 2.45) is 0 Å². The summed E-state index contributed by atoms with van der Waals surface area (Å²) in [5, 5.41) is 8.90. The summed E-state index contributed by atoms with van der Waals surface area (Å²) < 4.78 is 12.8. The fourth-order valence-corrected chi connectivity index (χ4v) is 1.04. The van der Waals surface area contributed by atoms with Gasteiger partial charge in [-0.2, -0.15) is 0 Å². The molecule has 0 saturated carbocycles. The lowest BCUT2D eigenvalue weighted by molar-refractivity contribution is 0.432. The highest BCUT2D eigenvalue weighted by Crippen LogP contribution is 2.16. The van der Waals surface area contributed by atoms with Crippen LogP contribution < -0.4 is 0 Å². The molecule has 0 aliphatic heterocycles. The van der Waals surface area contributed by atoms with Crippen molar-refractivity contribution in [1.82, 2.24) is 0 Å². The summed E-state index contributed by atoms with van der Waals surface area (Å²) in [5.41, 5.74) is 0.723. The average Bonchev–Trinajstić information content (AvgIpc) is 2.12. The number of rotatable bonds is 3. The van der Waals surface area contributed by atoms with Crippen molar-refractivity contribution in [2.75, 3.05) is 5.88 Å². The van der Waals surface area contributed by atoms with Crippen LogP contribution in [-0.2, 0) is 0 Å². The molecule has 0 amide bonds. The summed E-state index contributed by atoms with van der Waals surface area (Å²) in [6.07, 6.45) is 4.38. The first kappa shape index (κ1) is 10.1. The van der Waals surface area contributed by atoms with Crippen molar-refractivity contribution in [3.05, 3.63) is 35.7 Å². The summed E-state index contributed by atoms with van der Waals surface area (Å²) >= 11 is 5.46. The second kappa shape index (κ2) is 4.87. The van der Waals surface area contributed by atoms with Gasteiger partial charge < -0.3 is 5.11 Å². The molecule has 0 atom stereocenters. The third kappa shape index (κ3) is 3.07. The van der Waals surface area contributed by atoms with Gasteiger partial charge in [0, 0.05) is 5.88 Å². The van der Waals surface area contributed by atoms with Gasteiger partial charge in [0.1, 0.15) is 0 Å². The molecule has 0 bridgehead atoms. The zero-order valence-electron chi connectivity index (χ0n) is 7.00. The maximum Gasteiger partial charge on any atom is 0.165 e. The molecule has 0 saturated heterocycles. The SMILES string of the molecule is Oc1ccc(C=CCCCl)cc1F. The normalized spacial score (nSPS) is 10.9. The quantitative estimate of drug-likeness (QED) is 0.744. The van der Waals surface area contributed by atoms with E-state index in [4.69, 9.17) is 16.7 Å². The van der Waals surface area contributed by atoms with E-state index in [9.17, 15) is 4.39 Å². The molecule has 0 spiro atoms. The Balaban J connectivity index is 2.73. The molecule has 13 heavy (non-hydrogen) atoms. The van der Waals surface area contributed by atoms with E-state index in [2.05, 4.69) is 0 Å². The molecular weight excluding hydrogens is 191 g/mol. The number of phenols is 1. The maximum absolute atomic E-state index is 12.8. The number of halogens is 2. The Hall–Kier alpha value is -1.02. The van der Waals surface area contributed by atoms with E-state index in [-0.39, 0.29) is 5.75 Å².